The van der Waals surface area contributed by atoms with Crippen LogP contribution in [0.3, 0.4) is 0 Å². The molecule has 1 aromatic rings. The van der Waals surface area contributed by atoms with E-state index in [9.17, 15) is 37.9 Å². The van der Waals surface area contributed by atoms with Crippen LogP contribution in [0.4, 0.5) is 8.78 Å². The zero-order chi connectivity index (χ0) is 28.3. The molecule has 15 heteroatoms. The number of nitrogens with zero attached hydrogens (tertiary/aromatic N) is 1. The van der Waals surface area contributed by atoms with Gasteiger partial charge in [0.05, 0.1) is 19.1 Å². The summed E-state index contributed by atoms with van der Waals surface area (Å²) in [4.78, 5) is 36.7. The first-order valence-electron chi connectivity index (χ1n) is 11.6. The number of aliphatic hydroxyl groups excluding tert-OH is 2. The van der Waals surface area contributed by atoms with Crippen LogP contribution in [-0.4, -0.2) is 82.0 Å². The number of carbonyl (C=O) groups excluding carboxylic acids is 3. The number of esters is 1. The number of ketones is 1. The van der Waals surface area contributed by atoms with E-state index in [1.807, 2.05) is 0 Å². The van der Waals surface area contributed by atoms with Crippen molar-refractivity contribution in [3.63, 3.8) is 0 Å². The second kappa shape index (κ2) is 12.0. The smallest absolute Gasteiger partial charge is 0.459 e. The highest BCUT2D eigenvalue weighted by atomic mass is 31.2. The summed E-state index contributed by atoms with van der Waals surface area (Å²) in [5.74, 6) is -2.23. The molecular formula is C23H29F2N2O10P. The van der Waals surface area contributed by atoms with E-state index < -0.39 is 81.0 Å². The van der Waals surface area contributed by atoms with Crippen molar-refractivity contribution < 1.29 is 56.5 Å². The summed E-state index contributed by atoms with van der Waals surface area (Å²) in [7, 11) is -4.64. The zero-order valence-electron chi connectivity index (χ0n) is 20.7. The highest BCUT2D eigenvalue weighted by molar-refractivity contribution is 7.52. The van der Waals surface area contributed by atoms with Crippen molar-refractivity contribution >= 4 is 25.4 Å². The van der Waals surface area contributed by atoms with E-state index in [0.29, 0.717) is 4.90 Å². The molecule has 6 atom stereocenters. The van der Waals surface area contributed by atoms with E-state index in [4.69, 9.17) is 18.5 Å². The average molecular weight is 562 g/mol. The van der Waals surface area contributed by atoms with Crippen LogP contribution in [0.2, 0.25) is 0 Å². The van der Waals surface area contributed by atoms with Crippen LogP contribution in [0.15, 0.2) is 42.6 Å². The minimum atomic E-state index is -4.64. The number of nitrogens with one attached hydrogen (secondary N) is 1. The number of hydrogen-bond acceptors (Lipinski definition) is 10. The molecule has 2 heterocycles. The predicted molar refractivity (Wildman–Crippen MR) is 126 cm³/mol. The highest BCUT2D eigenvalue weighted by Gasteiger charge is 2.62. The average Bonchev–Trinajstić information content (AvgIpc) is 3.09. The van der Waals surface area contributed by atoms with Gasteiger partial charge in [-0.2, -0.15) is 5.09 Å². The largest absolute Gasteiger partial charge is 0.462 e. The van der Waals surface area contributed by atoms with Crippen molar-refractivity contribution in [3.05, 3.63) is 42.6 Å². The van der Waals surface area contributed by atoms with Crippen molar-refractivity contribution in [2.45, 2.75) is 69.8 Å². The maximum atomic E-state index is 14.4. The molecule has 1 fully saturated rings. The monoisotopic (exact) mass is 562 g/mol. The van der Waals surface area contributed by atoms with Gasteiger partial charge in [-0.25, -0.2) is 13.3 Å². The Balaban J connectivity index is 1.87. The Bertz CT molecular complexity index is 1100. The number of halogens is 2. The molecule has 0 radical (unpaired) electrons. The van der Waals surface area contributed by atoms with Gasteiger partial charge in [0.2, 0.25) is 5.91 Å². The number of rotatable bonds is 11. The molecule has 0 saturated carbocycles. The van der Waals surface area contributed by atoms with Gasteiger partial charge >= 0.3 is 13.7 Å². The molecule has 2 aliphatic rings. The van der Waals surface area contributed by atoms with Crippen LogP contribution in [0.5, 0.6) is 5.75 Å². The minimum absolute atomic E-state index is 0.00150. The quantitative estimate of drug-likeness (QED) is 0.204. The molecule has 210 valence electrons. The van der Waals surface area contributed by atoms with E-state index in [-0.39, 0.29) is 5.75 Å². The van der Waals surface area contributed by atoms with Crippen LogP contribution in [0.25, 0.3) is 0 Å². The summed E-state index contributed by atoms with van der Waals surface area (Å²) in [6, 6.07) is 6.22. The lowest BCUT2D eigenvalue weighted by atomic mass is 9.96. The number of ether oxygens (including phenoxy) is 2. The topological polar surface area (TPSA) is 161 Å². The fraction of sp³-hybridized carbons (Fsp3) is 0.522. The molecule has 1 amide bonds. The van der Waals surface area contributed by atoms with Crippen LogP contribution in [0, 0.1) is 0 Å². The second-order valence-corrected chi connectivity index (χ2v) is 10.7. The third-order valence-electron chi connectivity index (χ3n) is 5.62. The number of carbonyl (C=O) groups is 3. The number of aliphatic hydroxyl groups is 2. The number of benzene rings is 1. The van der Waals surface area contributed by atoms with E-state index >= 15 is 0 Å². The molecule has 0 spiro atoms. The van der Waals surface area contributed by atoms with Gasteiger partial charge in [0, 0.05) is 6.20 Å². The number of alkyl halides is 2. The van der Waals surface area contributed by atoms with Crippen molar-refractivity contribution in [2.24, 2.45) is 0 Å². The Hall–Kier alpha value is -2.74. The van der Waals surface area contributed by atoms with Crippen LogP contribution in [0.1, 0.15) is 27.2 Å². The molecule has 0 bridgehead atoms. The number of para-hydroxylation sites is 1. The summed E-state index contributed by atoms with van der Waals surface area (Å²) in [5.41, 5.74) is -2.97. The molecule has 1 unspecified atom stereocenters. The lowest BCUT2D eigenvalue weighted by Crippen LogP contribution is -2.53. The van der Waals surface area contributed by atoms with Crippen molar-refractivity contribution in [2.75, 3.05) is 6.61 Å². The summed E-state index contributed by atoms with van der Waals surface area (Å²) < 4.78 is 63.4. The number of allylic oxidation sites excluding steroid dienone is 1. The minimum Gasteiger partial charge on any atom is -0.462 e. The zero-order valence-corrected chi connectivity index (χ0v) is 21.6. The normalized spacial score (nSPS) is 28.0. The van der Waals surface area contributed by atoms with E-state index in [1.165, 1.54) is 31.2 Å². The first-order valence-corrected chi connectivity index (χ1v) is 13.1. The molecule has 0 aliphatic carbocycles. The number of hydrogen-bond donors (Lipinski definition) is 3. The maximum absolute atomic E-state index is 14.4. The molecule has 2 aliphatic heterocycles. The summed E-state index contributed by atoms with van der Waals surface area (Å²) >= 11 is 0. The fourth-order valence-corrected chi connectivity index (χ4v) is 5.22. The SMILES string of the molecule is CC(C)OC(=O)[C@H](C)NP(=O)(OC[C@@]1(C(F)F)O[C@@H](N2C=CC(=O)CC2=O)[C@H](O)[C@H]1O)Oc1ccccc1. The molecule has 1 aromatic carbocycles. The molecule has 0 aromatic heterocycles. The van der Waals surface area contributed by atoms with E-state index in [2.05, 4.69) is 5.09 Å². The first-order chi connectivity index (χ1) is 17.8. The van der Waals surface area contributed by atoms with Crippen molar-refractivity contribution in [3.8, 4) is 5.75 Å². The van der Waals surface area contributed by atoms with E-state index in [1.54, 1.807) is 19.9 Å². The Morgan fingerprint density at radius 2 is 1.89 bits per heavy atom. The van der Waals surface area contributed by atoms with Gasteiger partial charge < -0.3 is 24.2 Å². The number of amides is 1. The summed E-state index contributed by atoms with van der Waals surface area (Å²) in [5, 5.41) is 23.4. The standard InChI is InChI=1S/C23H29F2N2O10P/c1-13(2)35-21(32)14(3)26-38(33,37-16-7-5-4-6-8-16)34-12-23(22(24)25)19(31)18(30)20(36-23)27-10-9-15(28)11-17(27)29/h4-10,13-14,18-20,22,30-31H,11-12H2,1-3H3,(H,26,33)/t14-,18+,19+,20+,23+,38?/m0/s1. The molecule has 3 N–H and O–H groups in total. The predicted octanol–water partition coefficient (Wildman–Crippen LogP) is 1.52. The van der Waals surface area contributed by atoms with Gasteiger partial charge in [-0.1, -0.05) is 18.2 Å². The molecule has 38 heavy (non-hydrogen) atoms. The van der Waals surface area contributed by atoms with Gasteiger partial charge in [-0.15, -0.1) is 0 Å². The Morgan fingerprint density at radius 3 is 2.47 bits per heavy atom. The molecular weight excluding hydrogens is 533 g/mol. The third-order valence-corrected chi connectivity index (χ3v) is 7.24. The van der Waals surface area contributed by atoms with Gasteiger partial charge in [-0.05, 0) is 39.0 Å². The molecule has 3 rings (SSSR count). The van der Waals surface area contributed by atoms with Crippen molar-refractivity contribution in [1.82, 2.24) is 9.99 Å². The third kappa shape index (κ3) is 6.63. The lowest BCUT2D eigenvalue weighted by Gasteiger charge is -2.33. The Labute approximate surface area is 217 Å². The van der Waals surface area contributed by atoms with Crippen molar-refractivity contribution in [1.29, 1.82) is 0 Å². The molecule has 1 saturated heterocycles. The van der Waals surface area contributed by atoms with Crippen LogP contribution in [-0.2, 0) is 32.9 Å². The second-order valence-electron chi connectivity index (χ2n) is 8.97. The Morgan fingerprint density at radius 1 is 1.24 bits per heavy atom. The van der Waals surface area contributed by atoms with Gasteiger partial charge in [0.1, 0.15) is 24.0 Å². The molecule has 12 nitrogen and oxygen atoms in total. The van der Waals surface area contributed by atoms with Gasteiger partial charge in [0.25, 0.3) is 6.43 Å². The Kier molecular flexibility index (Phi) is 9.39. The highest BCUT2D eigenvalue weighted by Crippen LogP contribution is 2.48. The fourth-order valence-electron chi connectivity index (χ4n) is 3.69. The van der Waals surface area contributed by atoms with Gasteiger partial charge in [-0.3, -0.25) is 23.8 Å². The lowest BCUT2D eigenvalue weighted by molar-refractivity contribution is -0.200. The first kappa shape index (κ1) is 29.8. The van der Waals surface area contributed by atoms with E-state index in [0.717, 1.165) is 12.3 Å². The maximum Gasteiger partial charge on any atom is 0.459 e. The summed E-state index contributed by atoms with van der Waals surface area (Å²) in [6.45, 7) is 3.17. The van der Waals surface area contributed by atoms with Gasteiger partial charge in [0.15, 0.2) is 17.6 Å². The van der Waals surface area contributed by atoms with Crippen LogP contribution < -0.4 is 9.61 Å². The van der Waals surface area contributed by atoms with Crippen LogP contribution >= 0.6 is 7.75 Å². The summed E-state index contributed by atoms with van der Waals surface area (Å²) in [6.07, 6.45) is -8.84.